The summed E-state index contributed by atoms with van der Waals surface area (Å²) < 4.78 is 20.9. The highest BCUT2D eigenvalue weighted by Crippen LogP contribution is 2.34. The van der Waals surface area contributed by atoms with E-state index >= 15 is 0 Å². The summed E-state index contributed by atoms with van der Waals surface area (Å²) in [6.45, 7) is -0.106. The van der Waals surface area contributed by atoms with Crippen molar-refractivity contribution >= 4 is 5.97 Å². The average molecular weight is 318 g/mol. The second kappa shape index (κ2) is 7.51. The SMILES string of the molecule is COC(=O)c1ccc(Oc2cc(CO)ccc2OC)cc1OC. The highest BCUT2D eigenvalue weighted by Gasteiger charge is 2.15. The van der Waals surface area contributed by atoms with Crippen molar-refractivity contribution in [1.82, 2.24) is 0 Å². The van der Waals surface area contributed by atoms with E-state index in [1.807, 2.05) is 0 Å². The maximum atomic E-state index is 11.7. The van der Waals surface area contributed by atoms with Crippen LogP contribution in [-0.4, -0.2) is 32.4 Å². The molecule has 0 aromatic heterocycles. The first-order valence-electron chi connectivity index (χ1n) is 6.85. The zero-order valence-corrected chi connectivity index (χ0v) is 13.2. The Morgan fingerprint density at radius 1 is 0.957 bits per heavy atom. The van der Waals surface area contributed by atoms with E-state index in [2.05, 4.69) is 0 Å². The molecule has 0 aliphatic rings. The van der Waals surface area contributed by atoms with Crippen molar-refractivity contribution in [3.63, 3.8) is 0 Å². The second-order valence-corrected chi connectivity index (χ2v) is 4.60. The Kier molecular flexibility index (Phi) is 5.43. The molecule has 6 nitrogen and oxygen atoms in total. The molecule has 23 heavy (non-hydrogen) atoms. The van der Waals surface area contributed by atoms with Gasteiger partial charge in [-0.05, 0) is 29.8 Å². The van der Waals surface area contributed by atoms with E-state index in [0.29, 0.717) is 34.1 Å². The lowest BCUT2D eigenvalue weighted by Crippen LogP contribution is -2.04. The van der Waals surface area contributed by atoms with Crippen molar-refractivity contribution in [3.05, 3.63) is 47.5 Å². The van der Waals surface area contributed by atoms with Gasteiger partial charge >= 0.3 is 5.97 Å². The van der Waals surface area contributed by atoms with Gasteiger partial charge in [-0.1, -0.05) is 6.07 Å². The van der Waals surface area contributed by atoms with Gasteiger partial charge < -0.3 is 24.1 Å². The van der Waals surface area contributed by atoms with Crippen LogP contribution in [0.15, 0.2) is 36.4 Å². The van der Waals surface area contributed by atoms with E-state index < -0.39 is 5.97 Å². The first kappa shape index (κ1) is 16.6. The van der Waals surface area contributed by atoms with Crippen molar-refractivity contribution in [3.8, 4) is 23.0 Å². The Hall–Kier alpha value is -2.73. The van der Waals surface area contributed by atoms with E-state index in [9.17, 15) is 9.90 Å². The molecule has 2 rings (SSSR count). The van der Waals surface area contributed by atoms with Gasteiger partial charge in [-0.25, -0.2) is 4.79 Å². The molecule has 6 heteroatoms. The number of methoxy groups -OCH3 is 3. The Balaban J connectivity index is 2.35. The standard InChI is InChI=1S/C17H18O6/c1-20-14-7-4-11(10-18)8-16(14)23-12-5-6-13(17(19)22-3)15(9-12)21-2/h4-9,18H,10H2,1-3H3. The molecule has 0 saturated carbocycles. The van der Waals surface area contributed by atoms with E-state index in [0.717, 1.165) is 0 Å². The van der Waals surface area contributed by atoms with Crippen LogP contribution < -0.4 is 14.2 Å². The predicted octanol–water partition coefficient (Wildman–Crippen LogP) is 2.78. The molecule has 0 aliphatic carbocycles. The van der Waals surface area contributed by atoms with Gasteiger partial charge in [0.25, 0.3) is 0 Å². The number of aliphatic hydroxyl groups excluding tert-OH is 1. The maximum Gasteiger partial charge on any atom is 0.341 e. The number of benzene rings is 2. The van der Waals surface area contributed by atoms with Crippen molar-refractivity contribution in [2.45, 2.75) is 6.61 Å². The minimum absolute atomic E-state index is 0.106. The molecule has 0 bridgehead atoms. The molecule has 122 valence electrons. The lowest BCUT2D eigenvalue weighted by molar-refractivity contribution is 0.0597. The number of hydrogen-bond donors (Lipinski definition) is 1. The van der Waals surface area contributed by atoms with Gasteiger partial charge in [0, 0.05) is 6.07 Å². The zero-order chi connectivity index (χ0) is 16.8. The maximum absolute atomic E-state index is 11.7. The van der Waals surface area contributed by atoms with Gasteiger partial charge in [0.2, 0.25) is 0 Å². The Morgan fingerprint density at radius 3 is 2.30 bits per heavy atom. The molecule has 2 aromatic carbocycles. The third-order valence-electron chi connectivity index (χ3n) is 3.22. The lowest BCUT2D eigenvalue weighted by atomic mass is 10.2. The zero-order valence-electron chi connectivity index (χ0n) is 13.2. The summed E-state index contributed by atoms with van der Waals surface area (Å²) in [5.74, 6) is 1.29. The fourth-order valence-corrected chi connectivity index (χ4v) is 2.04. The second-order valence-electron chi connectivity index (χ2n) is 4.60. The molecule has 0 fully saturated rings. The third kappa shape index (κ3) is 3.73. The Bertz CT molecular complexity index is 695. The summed E-state index contributed by atoms with van der Waals surface area (Å²) in [5, 5.41) is 9.23. The van der Waals surface area contributed by atoms with Crippen LogP contribution in [-0.2, 0) is 11.3 Å². The number of rotatable bonds is 6. The number of carbonyl (C=O) groups is 1. The lowest BCUT2D eigenvalue weighted by Gasteiger charge is -2.13. The van der Waals surface area contributed by atoms with E-state index in [1.54, 1.807) is 36.4 Å². The fourth-order valence-electron chi connectivity index (χ4n) is 2.04. The number of aliphatic hydroxyl groups is 1. The van der Waals surface area contributed by atoms with Gasteiger partial charge in [0.05, 0.1) is 27.9 Å². The van der Waals surface area contributed by atoms with Gasteiger partial charge in [0.15, 0.2) is 11.5 Å². The first-order valence-corrected chi connectivity index (χ1v) is 6.85. The first-order chi connectivity index (χ1) is 11.1. The largest absolute Gasteiger partial charge is 0.496 e. The minimum atomic E-state index is -0.492. The van der Waals surface area contributed by atoms with Crippen LogP contribution >= 0.6 is 0 Å². The quantitative estimate of drug-likeness (QED) is 0.826. The molecule has 0 unspecified atom stereocenters. The minimum Gasteiger partial charge on any atom is -0.496 e. The molecule has 2 aromatic rings. The number of carbonyl (C=O) groups excluding carboxylic acids is 1. The van der Waals surface area contributed by atoms with Crippen molar-refractivity contribution in [2.24, 2.45) is 0 Å². The molecule has 0 atom stereocenters. The highest BCUT2D eigenvalue weighted by molar-refractivity contribution is 5.92. The number of esters is 1. The summed E-state index contributed by atoms with van der Waals surface area (Å²) in [6.07, 6.45) is 0. The van der Waals surface area contributed by atoms with Crippen molar-refractivity contribution < 1.29 is 28.8 Å². The number of hydrogen-bond acceptors (Lipinski definition) is 6. The third-order valence-corrected chi connectivity index (χ3v) is 3.22. The molecule has 1 N–H and O–H groups in total. The van der Waals surface area contributed by atoms with Crippen molar-refractivity contribution in [1.29, 1.82) is 0 Å². The van der Waals surface area contributed by atoms with Crippen LogP contribution in [0.2, 0.25) is 0 Å². The molecule has 0 amide bonds. The molecule has 0 saturated heterocycles. The van der Waals surface area contributed by atoms with Crippen LogP contribution in [0.5, 0.6) is 23.0 Å². The van der Waals surface area contributed by atoms with Gasteiger partial charge in [-0.3, -0.25) is 0 Å². The topological polar surface area (TPSA) is 74.2 Å². The summed E-state index contributed by atoms with van der Waals surface area (Å²) in [4.78, 5) is 11.7. The smallest absolute Gasteiger partial charge is 0.341 e. The van der Waals surface area contributed by atoms with Gasteiger partial charge in [0.1, 0.15) is 17.1 Å². The van der Waals surface area contributed by atoms with E-state index in [-0.39, 0.29) is 6.61 Å². The summed E-state index contributed by atoms with van der Waals surface area (Å²) in [6, 6.07) is 9.90. The van der Waals surface area contributed by atoms with E-state index in [4.69, 9.17) is 18.9 Å². The van der Waals surface area contributed by atoms with Crippen LogP contribution in [0.1, 0.15) is 15.9 Å². The highest BCUT2D eigenvalue weighted by atomic mass is 16.5. The molecule has 0 aliphatic heterocycles. The molecule has 0 spiro atoms. The van der Waals surface area contributed by atoms with Crippen LogP contribution in [0, 0.1) is 0 Å². The van der Waals surface area contributed by atoms with Gasteiger partial charge in [-0.2, -0.15) is 0 Å². The van der Waals surface area contributed by atoms with Crippen molar-refractivity contribution in [2.75, 3.05) is 21.3 Å². The Labute approximate surface area is 134 Å². The van der Waals surface area contributed by atoms with Crippen LogP contribution in [0.4, 0.5) is 0 Å². The van der Waals surface area contributed by atoms with Crippen LogP contribution in [0.25, 0.3) is 0 Å². The Morgan fingerprint density at radius 2 is 1.70 bits per heavy atom. The number of ether oxygens (including phenoxy) is 4. The monoisotopic (exact) mass is 318 g/mol. The summed E-state index contributed by atoms with van der Waals surface area (Å²) in [7, 11) is 4.29. The molecular formula is C17H18O6. The fraction of sp³-hybridized carbons (Fsp3) is 0.235. The van der Waals surface area contributed by atoms with E-state index in [1.165, 1.54) is 21.3 Å². The predicted molar refractivity (Wildman–Crippen MR) is 83.3 cm³/mol. The molecular weight excluding hydrogens is 300 g/mol. The average Bonchev–Trinajstić information content (AvgIpc) is 2.60. The summed E-state index contributed by atoms with van der Waals surface area (Å²) >= 11 is 0. The van der Waals surface area contributed by atoms with Gasteiger partial charge in [-0.15, -0.1) is 0 Å². The molecule has 0 radical (unpaired) electrons. The molecule has 0 heterocycles. The normalized spacial score (nSPS) is 10.1. The summed E-state index contributed by atoms with van der Waals surface area (Å²) in [5.41, 5.74) is 0.998. The van der Waals surface area contributed by atoms with Crippen LogP contribution in [0.3, 0.4) is 0 Å².